The zero-order valence-corrected chi connectivity index (χ0v) is 20.0. The molecule has 0 amide bonds. The molecule has 2 N–H and O–H groups in total. The second kappa shape index (κ2) is 12.1. The number of hydrogen-bond donors (Lipinski definition) is 2. The summed E-state index contributed by atoms with van der Waals surface area (Å²) in [4.78, 5) is 9.50. The van der Waals surface area contributed by atoms with Crippen LogP contribution in [0.25, 0.3) is 0 Å². The summed E-state index contributed by atoms with van der Waals surface area (Å²) < 4.78 is 0. The summed E-state index contributed by atoms with van der Waals surface area (Å²) in [6.45, 7) is 9.31. The highest BCUT2D eigenvalue weighted by Gasteiger charge is 2.21. The van der Waals surface area contributed by atoms with Crippen LogP contribution in [0.1, 0.15) is 39.0 Å². The molecule has 2 aliphatic heterocycles. The Labute approximate surface area is 186 Å². The average Bonchev–Trinajstić information content (AvgIpc) is 3.23. The topological polar surface area (TPSA) is 42.9 Å². The van der Waals surface area contributed by atoms with Gasteiger partial charge in [0.15, 0.2) is 5.96 Å². The maximum absolute atomic E-state index is 4.43. The number of thiophene rings is 1. The maximum Gasteiger partial charge on any atom is 0.191 e. The SMILES string of the molecule is CCN1CCC(CCNC(=NC)NC2CCN(c3cccs3)CC2)CC1.I. The summed E-state index contributed by atoms with van der Waals surface area (Å²) in [6, 6.07) is 4.90. The highest BCUT2D eigenvalue weighted by atomic mass is 127. The molecule has 3 rings (SSSR count). The number of piperidine rings is 2. The molecule has 0 unspecified atom stereocenters. The predicted molar refractivity (Wildman–Crippen MR) is 129 cm³/mol. The largest absolute Gasteiger partial charge is 0.363 e. The van der Waals surface area contributed by atoms with E-state index in [4.69, 9.17) is 0 Å². The van der Waals surface area contributed by atoms with Gasteiger partial charge in [0, 0.05) is 32.7 Å². The molecule has 154 valence electrons. The zero-order valence-electron chi connectivity index (χ0n) is 16.8. The van der Waals surface area contributed by atoms with Gasteiger partial charge in [0.05, 0.1) is 5.00 Å². The maximum atomic E-state index is 4.43. The molecule has 0 saturated carbocycles. The summed E-state index contributed by atoms with van der Waals surface area (Å²) in [6.07, 6.45) is 6.31. The number of nitrogens with one attached hydrogen (secondary N) is 2. The van der Waals surface area contributed by atoms with Crippen LogP contribution < -0.4 is 15.5 Å². The van der Waals surface area contributed by atoms with Gasteiger partial charge in [-0.3, -0.25) is 4.99 Å². The summed E-state index contributed by atoms with van der Waals surface area (Å²) in [5.41, 5.74) is 0. The molecule has 0 atom stereocenters. The second-order valence-corrected chi connectivity index (χ2v) is 8.45. The fraction of sp³-hybridized carbons (Fsp3) is 0.750. The van der Waals surface area contributed by atoms with Gasteiger partial charge in [-0.1, -0.05) is 6.92 Å². The summed E-state index contributed by atoms with van der Waals surface area (Å²) in [5.74, 6) is 1.85. The lowest BCUT2D eigenvalue weighted by Gasteiger charge is -2.34. The molecular formula is C20H36IN5S. The molecule has 5 nitrogen and oxygen atoms in total. The normalized spacial score (nSPS) is 20.4. The Morgan fingerprint density at radius 3 is 2.52 bits per heavy atom. The van der Waals surface area contributed by atoms with Crippen LogP contribution in [0, 0.1) is 5.92 Å². The summed E-state index contributed by atoms with van der Waals surface area (Å²) in [7, 11) is 1.88. The molecular weight excluding hydrogens is 469 g/mol. The molecule has 0 radical (unpaired) electrons. The van der Waals surface area contributed by atoms with E-state index in [9.17, 15) is 0 Å². The fourth-order valence-corrected chi connectivity index (χ4v) is 4.85. The van der Waals surface area contributed by atoms with Crippen molar-refractivity contribution in [3.05, 3.63) is 17.5 Å². The highest BCUT2D eigenvalue weighted by Crippen LogP contribution is 2.24. The molecule has 27 heavy (non-hydrogen) atoms. The van der Waals surface area contributed by atoms with Gasteiger partial charge in [-0.2, -0.15) is 0 Å². The van der Waals surface area contributed by atoms with Crippen molar-refractivity contribution in [2.24, 2.45) is 10.9 Å². The lowest BCUT2D eigenvalue weighted by atomic mass is 9.93. The molecule has 1 aromatic heterocycles. The lowest BCUT2D eigenvalue weighted by Crippen LogP contribution is -2.49. The first kappa shape index (κ1) is 22.7. The van der Waals surface area contributed by atoms with E-state index in [1.165, 1.54) is 56.7 Å². The third-order valence-corrected chi connectivity index (χ3v) is 6.81. The molecule has 2 fully saturated rings. The van der Waals surface area contributed by atoms with Crippen molar-refractivity contribution in [2.75, 3.05) is 51.2 Å². The Balaban J connectivity index is 0.00000261. The van der Waals surface area contributed by atoms with Crippen molar-refractivity contribution in [3.8, 4) is 0 Å². The van der Waals surface area contributed by atoms with Crippen LogP contribution in [0.3, 0.4) is 0 Å². The van der Waals surface area contributed by atoms with Crippen molar-refractivity contribution in [1.82, 2.24) is 15.5 Å². The third-order valence-electron chi connectivity index (χ3n) is 5.88. The van der Waals surface area contributed by atoms with E-state index in [0.29, 0.717) is 6.04 Å². The average molecular weight is 506 g/mol. The van der Waals surface area contributed by atoms with Crippen molar-refractivity contribution >= 4 is 46.3 Å². The van der Waals surface area contributed by atoms with Crippen LogP contribution in [0.2, 0.25) is 0 Å². The van der Waals surface area contributed by atoms with E-state index >= 15 is 0 Å². The first-order valence-electron chi connectivity index (χ1n) is 10.3. The zero-order chi connectivity index (χ0) is 18.2. The minimum Gasteiger partial charge on any atom is -0.363 e. The van der Waals surface area contributed by atoms with Gasteiger partial charge in [-0.15, -0.1) is 35.3 Å². The van der Waals surface area contributed by atoms with Crippen LogP contribution in [0.15, 0.2) is 22.5 Å². The highest BCUT2D eigenvalue weighted by molar-refractivity contribution is 14.0. The minimum absolute atomic E-state index is 0. The van der Waals surface area contributed by atoms with Crippen molar-refractivity contribution < 1.29 is 0 Å². The molecule has 2 saturated heterocycles. The Hall–Kier alpha value is -0.540. The third kappa shape index (κ3) is 7.09. The van der Waals surface area contributed by atoms with Crippen LogP contribution in [-0.2, 0) is 0 Å². The van der Waals surface area contributed by atoms with Gasteiger partial charge < -0.3 is 20.4 Å². The van der Waals surface area contributed by atoms with Gasteiger partial charge >= 0.3 is 0 Å². The van der Waals surface area contributed by atoms with Crippen molar-refractivity contribution in [2.45, 2.75) is 45.1 Å². The van der Waals surface area contributed by atoms with Crippen LogP contribution in [-0.4, -0.2) is 63.2 Å². The van der Waals surface area contributed by atoms with E-state index in [1.54, 1.807) is 0 Å². The van der Waals surface area contributed by atoms with E-state index in [1.807, 2.05) is 18.4 Å². The molecule has 0 spiro atoms. The molecule has 0 aliphatic carbocycles. The molecule has 0 bridgehead atoms. The molecule has 2 aliphatic rings. The summed E-state index contributed by atoms with van der Waals surface area (Å²) in [5, 5.41) is 10.7. The lowest BCUT2D eigenvalue weighted by molar-refractivity contribution is 0.187. The fourth-order valence-electron chi connectivity index (χ4n) is 4.07. The number of likely N-dealkylation sites (tertiary alicyclic amines) is 1. The molecule has 1 aromatic rings. The second-order valence-electron chi connectivity index (χ2n) is 7.52. The van der Waals surface area contributed by atoms with E-state index in [0.717, 1.165) is 31.5 Å². The number of anilines is 1. The van der Waals surface area contributed by atoms with Gasteiger partial charge in [0.1, 0.15) is 0 Å². The first-order chi connectivity index (χ1) is 12.8. The number of guanidine groups is 1. The molecule has 7 heteroatoms. The monoisotopic (exact) mass is 505 g/mol. The van der Waals surface area contributed by atoms with Crippen LogP contribution in [0.4, 0.5) is 5.00 Å². The Bertz CT molecular complexity index is 535. The van der Waals surface area contributed by atoms with E-state index in [-0.39, 0.29) is 24.0 Å². The molecule has 0 aromatic carbocycles. The Morgan fingerprint density at radius 2 is 1.93 bits per heavy atom. The van der Waals surface area contributed by atoms with Gasteiger partial charge in [-0.05, 0) is 75.2 Å². The van der Waals surface area contributed by atoms with Crippen LogP contribution in [0.5, 0.6) is 0 Å². The van der Waals surface area contributed by atoms with E-state index in [2.05, 4.69) is 49.9 Å². The smallest absolute Gasteiger partial charge is 0.191 e. The van der Waals surface area contributed by atoms with Gasteiger partial charge in [0.2, 0.25) is 0 Å². The number of nitrogens with zero attached hydrogens (tertiary/aromatic N) is 3. The minimum atomic E-state index is 0. The Morgan fingerprint density at radius 1 is 1.19 bits per heavy atom. The Kier molecular flexibility index (Phi) is 10.2. The molecule has 3 heterocycles. The quantitative estimate of drug-likeness (QED) is 0.352. The predicted octanol–water partition coefficient (Wildman–Crippen LogP) is 3.62. The number of aliphatic imine (C=N–C) groups is 1. The summed E-state index contributed by atoms with van der Waals surface area (Å²) >= 11 is 1.84. The van der Waals surface area contributed by atoms with Gasteiger partial charge in [-0.25, -0.2) is 0 Å². The van der Waals surface area contributed by atoms with E-state index < -0.39 is 0 Å². The van der Waals surface area contributed by atoms with Crippen molar-refractivity contribution in [3.63, 3.8) is 0 Å². The van der Waals surface area contributed by atoms with Gasteiger partial charge in [0.25, 0.3) is 0 Å². The standard InChI is InChI=1S/C20H35N5S.HI/c1-3-24-12-7-17(8-13-24)6-11-22-20(21-2)23-18-9-14-25(15-10-18)19-5-4-16-26-19;/h4-5,16-18H,3,6-15H2,1-2H3,(H2,21,22,23);1H. The van der Waals surface area contributed by atoms with Crippen molar-refractivity contribution in [1.29, 1.82) is 0 Å². The number of halogens is 1. The number of hydrogen-bond acceptors (Lipinski definition) is 4. The first-order valence-corrected chi connectivity index (χ1v) is 11.1. The van der Waals surface area contributed by atoms with Crippen LogP contribution >= 0.6 is 35.3 Å². The number of rotatable bonds is 6.